The summed E-state index contributed by atoms with van der Waals surface area (Å²) in [6.07, 6.45) is 1.34. The molecule has 1 N–H and O–H groups in total. The predicted molar refractivity (Wildman–Crippen MR) is 95.4 cm³/mol. The van der Waals surface area contributed by atoms with E-state index in [1.807, 2.05) is 0 Å². The maximum Gasteiger partial charge on any atom is 0.308 e. The van der Waals surface area contributed by atoms with Crippen LogP contribution < -0.4 is 9.64 Å². The molecular weight excluding hydrogens is 360 g/mol. The largest absolute Gasteiger partial charge is 0.495 e. The summed E-state index contributed by atoms with van der Waals surface area (Å²) in [6.45, 7) is 0.982. The zero-order valence-electron chi connectivity index (χ0n) is 14.5. The van der Waals surface area contributed by atoms with E-state index >= 15 is 0 Å². The molecule has 2 amide bonds. The van der Waals surface area contributed by atoms with E-state index in [4.69, 9.17) is 16.3 Å². The van der Waals surface area contributed by atoms with Crippen molar-refractivity contribution in [2.24, 2.45) is 11.8 Å². The molecule has 7 nitrogen and oxygen atoms in total. The van der Waals surface area contributed by atoms with Crippen LogP contribution in [-0.2, 0) is 14.4 Å². The molecule has 8 heteroatoms. The minimum absolute atomic E-state index is 0.0999. The maximum absolute atomic E-state index is 12.8. The molecule has 2 atom stereocenters. The first-order valence-electron chi connectivity index (χ1n) is 8.56. The molecule has 2 heterocycles. The third-order valence-corrected chi connectivity index (χ3v) is 5.22. The Labute approximate surface area is 156 Å². The van der Waals surface area contributed by atoms with Crippen LogP contribution in [0.15, 0.2) is 18.2 Å². The molecular formula is C18H21ClN2O5. The number of aliphatic carboxylic acids is 1. The third kappa shape index (κ3) is 3.62. The van der Waals surface area contributed by atoms with Gasteiger partial charge in [-0.2, -0.15) is 0 Å². The number of likely N-dealkylation sites (tertiary alicyclic amines) is 1. The van der Waals surface area contributed by atoms with Gasteiger partial charge in [-0.05, 0) is 31.0 Å². The fraction of sp³-hybridized carbons (Fsp3) is 0.500. The number of ether oxygens (including phenoxy) is 1. The van der Waals surface area contributed by atoms with E-state index in [0.29, 0.717) is 35.8 Å². The lowest BCUT2D eigenvalue weighted by Gasteiger charge is -2.32. The van der Waals surface area contributed by atoms with Gasteiger partial charge in [-0.3, -0.25) is 14.4 Å². The minimum Gasteiger partial charge on any atom is -0.495 e. The van der Waals surface area contributed by atoms with Crippen molar-refractivity contribution in [1.29, 1.82) is 0 Å². The monoisotopic (exact) mass is 380 g/mol. The van der Waals surface area contributed by atoms with Crippen molar-refractivity contribution < 1.29 is 24.2 Å². The molecule has 2 aliphatic rings. The number of amides is 2. The van der Waals surface area contributed by atoms with Crippen LogP contribution in [0, 0.1) is 11.8 Å². The van der Waals surface area contributed by atoms with Gasteiger partial charge in [0.1, 0.15) is 5.75 Å². The van der Waals surface area contributed by atoms with E-state index in [-0.39, 0.29) is 31.3 Å². The zero-order chi connectivity index (χ0) is 18.8. The van der Waals surface area contributed by atoms with E-state index in [0.717, 1.165) is 0 Å². The highest BCUT2D eigenvalue weighted by Crippen LogP contribution is 2.36. The molecule has 2 aliphatic heterocycles. The second-order valence-electron chi connectivity index (χ2n) is 6.68. The number of halogens is 1. The summed E-state index contributed by atoms with van der Waals surface area (Å²) in [4.78, 5) is 39.6. The third-order valence-electron chi connectivity index (χ3n) is 4.99. The Morgan fingerprint density at radius 3 is 2.73 bits per heavy atom. The fourth-order valence-corrected chi connectivity index (χ4v) is 3.78. The molecule has 2 saturated heterocycles. The molecule has 0 aromatic heterocycles. The normalized spacial score (nSPS) is 23.2. The fourth-order valence-electron chi connectivity index (χ4n) is 3.62. The summed E-state index contributed by atoms with van der Waals surface area (Å²) in [5, 5.41) is 9.67. The number of piperidine rings is 1. The second-order valence-corrected chi connectivity index (χ2v) is 7.12. The first-order chi connectivity index (χ1) is 12.4. The van der Waals surface area contributed by atoms with Crippen LogP contribution in [0.3, 0.4) is 0 Å². The van der Waals surface area contributed by atoms with Gasteiger partial charge in [0.15, 0.2) is 0 Å². The van der Waals surface area contributed by atoms with Crippen molar-refractivity contribution in [2.75, 3.05) is 31.6 Å². The van der Waals surface area contributed by atoms with Crippen molar-refractivity contribution in [3.8, 4) is 5.75 Å². The molecule has 2 fully saturated rings. The molecule has 0 bridgehead atoms. The molecule has 140 valence electrons. The summed E-state index contributed by atoms with van der Waals surface area (Å²) in [5.41, 5.74) is 0.544. The zero-order valence-corrected chi connectivity index (χ0v) is 15.2. The van der Waals surface area contributed by atoms with Crippen LogP contribution in [0.1, 0.15) is 19.3 Å². The maximum atomic E-state index is 12.8. The number of carboxylic acid groups (broad SMARTS) is 1. The number of benzene rings is 1. The number of methoxy groups -OCH3 is 1. The van der Waals surface area contributed by atoms with E-state index in [1.54, 1.807) is 23.1 Å². The van der Waals surface area contributed by atoms with Crippen LogP contribution >= 0.6 is 11.6 Å². The van der Waals surface area contributed by atoms with Gasteiger partial charge in [0, 0.05) is 31.1 Å². The van der Waals surface area contributed by atoms with Gasteiger partial charge in [0.25, 0.3) is 0 Å². The van der Waals surface area contributed by atoms with E-state index < -0.39 is 17.8 Å². The summed E-state index contributed by atoms with van der Waals surface area (Å²) in [6, 6.07) is 5.00. The summed E-state index contributed by atoms with van der Waals surface area (Å²) in [7, 11) is 1.51. The van der Waals surface area contributed by atoms with E-state index in [9.17, 15) is 19.5 Å². The van der Waals surface area contributed by atoms with Gasteiger partial charge < -0.3 is 19.6 Å². The Balaban J connectivity index is 1.74. The molecule has 3 rings (SSSR count). The summed E-state index contributed by atoms with van der Waals surface area (Å²) < 4.78 is 5.30. The number of carboxylic acids is 1. The number of hydrogen-bond donors (Lipinski definition) is 1. The molecule has 0 saturated carbocycles. The van der Waals surface area contributed by atoms with E-state index in [1.165, 1.54) is 12.0 Å². The molecule has 0 radical (unpaired) electrons. The van der Waals surface area contributed by atoms with Gasteiger partial charge in [-0.15, -0.1) is 0 Å². The molecule has 1 aromatic rings. The summed E-state index contributed by atoms with van der Waals surface area (Å²) in [5.74, 6) is -1.72. The molecule has 26 heavy (non-hydrogen) atoms. The van der Waals surface area contributed by atoms with Gasteiger partial charge in [0.05, 0.1) is 24.6 Å². The average Bonchev–Trinajstić information content (AvgIpc) is 3.02. The average molecular weight is 381 g/mol. The Bertz CT molecular complexity index is 738. The standard InChI is InChI=1S/C18H21ClN2O5/c1-26-15-5-4-13(19)8-14(15)21-10-12(7-16(21)22)17(23)20-6-2-3-11(9-20)18(24)25/h4-5,8,11-12H,2-3,6-7,9-10H2,1H3,(H,24,25)/t11-,12?/m0/s1. The van der Waals surface area contributed by atoms with Crippen molar-refractivity contribution in [1.82, 2.24) is 4.90 Å². The van der Waals surface area contributed by atoms with Crippen molar-refractivity contribution in [2.45, 2.75) is 19.3 Å². The van der Waals surface area contributed by atoms with Gasteiger partial charge in [0.2, 0.25) is 11.8 Å². The van der Waals surface area contributed by atoms with Crippen molar-refractivity contribution in [3.63, 3.8) is 0 Å². The van der Waals surface area contributed by atoms with Crippen LogP contribution in [0.2, 0.25) is 5.02 Å². The number of rotatable bonds is 4. The van der Waals surface area contributed by atoms with Crippen molar-refractivity contribution in [3.05, 3.63) is 23.2 Å². The van der Waals surface area contributed by atoms with Crippen LogP contribution in [0.4, 0.5) is 5.69 Å². The number of carbonyl (C=O) groups is 3. The topological polar surface area (TPSA) is 87.2 Å². The first-order valence-corrected chi connectivity index (χ1v) is 8.94. The second kappa shape index (κ2) is 7.53. The predicted octanol–water partition coefficient (Wildman–Crippen LogP) is 2.02. The molecule has 1 unspecified atom stereocenters. The lowest BCUT2D eigenvalue weighted by atomic mass is 9.96. The molecule has 0 spiro atoms. The van der Waals surface area contributed by atoms with Gasteiger partial charge in [-0.1, -0.05) is 11.6 Å². The highest BCUT2D eigenvalue weighted by molar-refractivity contribution is 6.31. The molecule has 1 aromatic carbocycles. The SMILES string of the molecule is COc1ccc(Cl)cc1N1CC(C(=O)N2CCC[C@H](C(=O)O)C2)CC1=O. The summed E-state index contributed by atoms with van der Waals surface area (Å²) >= 11 is 6.04. The number of nitrogens with zero attached hydrogens (tertiary/aromatic N) is 2. The van der Waals surface area contributed by atoms with Crippen LogP contribution in [-0.4, -0.2) is 54.5 Å². The Hall–Kier alpha value is -2.28. The number of anilines is 1. The van der Waals surface area contributed by atoms with Crippen molar-refractivity contribution >= 4 is 35.1 Å². The highest BCUT2D eigenvalue weighted by atomic mass is 35.5. The van der Waals surface area contributed by atoms with E-state index in [2.05, 4.69) is 0 Å². The van der Waals surface area contributed by atoms with Crippen LogP contribution in [0.25, 0.3) is 0 Å². The Morgan fingerprint density at radius 2 is 2.04 bits per heavy atom. The number of hydrogen-bond acceptors (Lipinski definition) is 4. The minimum atomic E-state index is -0.879. The Morgan fingerprint density at radius 1 is 1.27 bits per heavy atom. The Kier molecular flexibility index (Phi) is 5.36. The van der Waals surface area contributed by atoms with Crippen LogP contribution in [0.5, 0.6) is 5.75 Å². The molecule has 0 aliphatic carbocycles. The smallest absolute Gasteiger partial charge is 0.308 e. The lowest BCUT2D eigenvalue weighted by Crippen LogP contribution is -2.45. The van der Waals surface area contributed by atoms with Gasteiger partial charge >= 0.3 is 5.97 Å². The van der Waals surface area contributed by atoms with Gasteiger partial charge in [-0.25, -0.2) is 0 Å². The number of carbonyl (C=O) groups excluding carboxylic acids is 2. The lowest BCUT2D eigenvalue weighted by molar-refractivity contribution is -0.146. The first kappa shape index (κ1) is 18.5. The highest BCUT2D eigenvalue weighted by Gasteiger charge is 2.39. The quantitative estimate of drug-likeness (QED) is 0.863.